The van der Waals surface area contributed by atoms with E-state index in [-0.39, 0.29) is 25.7 Å². The quantitative estimate of drug-likeness (QED) is 0.0169. The fourth-order valence-corrected chi connectivity index (χ4v) is 13.1. The van der Waals surface area contributed by atoms with Gasteiger partial charge in [0, 0.05) is 25.7 Å². The lowest BCUT2D eigenvalue weighted by molar-refractivity contribution is -0.161. The summed E-state index contributed by atoms with van der Waals surface area (Å²) in [6, 6.07) is 0. The number of ether oxygens (including phenoxy) is 4. The Morgan fingerprint density at radius 3 is 0.788 bits per heavy atom. The molecule has 0 radical (unpaired) electrons. The van der Waals surface area contributed by atoms with E-state index in [0.29, 0.717) is 25.7 Å². The molecule has 0 saturated heterocycles. The number of aliphatic hydroxyl groups excluding tert-OH is 1. The lowest BCUT2D eigenvalue weighted by atomic mass is 10.0. The van der Waals surface area contributed by atoms with Gasteiger partial charge in [-0.05, 0) is 103 Å². The molecule has 0 spiro atoms. The van der Waals surface area contributed by atoms with E-state index in [9.17, 15) is 43.2 Å². The molecular formula is C85H152O17P2. The van der Waals surface area contributed by atoms with Gasteiger partial charge in [0.2, 0.25) is 0 Å². The summed E-state index contributed by atoms with van der Waals surface area (Å²) in [7, 11) is -9.95. The number of aliphatic hydroxyl groups is 1. The van der Waals surface area contributed by atoms with Crippen molar-refractivity contribution in [3.05, 3.63) is 85.1 Å². The first-order chi connectivity index (χ1) is 50.7. The summed E-state index contributed by atoms with van der Waals surface area (Å²) in [4.78, 5) is 73.1. The fourth-order valence-electron chi connectivity index (χ4n) is 11.5. The topological polar surface area (TPSA) is 237 Å². The number of esters is 4. The highest BCUT2D eigenvalue weighted by Crippen LogP contribution is 2.45. The van der Waals surface area contributed by atoms with Gasteiger partial charge in [0.15, 0.2) is 12.2 Å². The Kier molecular flexibility index (Phi) is 74.6. The first-order valence-corrected chi connectivity index (χ1v) is 44.8. The van der Waals surface area contributed by atoms with E-state index in [4.69, 9.17) is 37.0 Å². The number of carbonyl (C=O) groups is 4. The number of allylic oxidation sites excluding steroid dienone is 14. The third kappa shape index (κ3) is 76.4. The molecule has 0 aromatic rings. The molecule has 0 heterocycles. The average Bonchev–Trinajstić information content (AvgIpc) is 0.931. The lowest BCUT2D eigenvalue weighted by Gasteiger charge is -2.21. The molecular weight excluding hydrogens is 1350 g/mol. The third-order valence-corrected chi connectivity index (χ3v) is 19.8. The first-order valence-electron chi connectivity index (χ1n) is 41.8. The van der Waals surface area contributed by atoms with Gasteiger partial charge in [-0.2, -0.15) is 0 Å². The second kappa shape index (κ2) is 77.4. The Balaban J connectivity index is 5.30. The average molecular weight is 1510 g/mol. The zero-order valence-corrected chi connectivity index (χ0v) is 68.0. The number of unbranched alkanes of at least 4 members (excludes halogenated alkanes) is 39. The van der Waals surface area contributed by atoms with Crippen molar-refractivity contribution >= 4 is 39.5 Å². The van der Waals surface area contributed by atoms with Gasteiger partial charge in [-0.25, -0.2) is 9.13 Å². The smallest absolute Gasteiger partial charge is 0.462 e. The highest BCUT2D eigenvalue weighted by Gasteiger charge is 2.30. The highest BCUT2D eigenvalue weighted by molar-refractivity contribution is 7.47. The van der Waals surface area contributed by atoms with Gasteiger partial charge in [0.25, 0.3) is 0 Å². The first kappa shape index (κ1) is 100. The van der Waals surface area contributed by atoms with E-state index in [2.05, 4.69) is 113 Å². The predicted molar refractivity (Wildman–Crippen MR) is 427 cm³/mol. The molecule has 0 rings (SSSR count). The molecule has 604 valence electrons. The maximum atomic E-state index is 13.1. The van der Waals surface area contributed by atoms with Crippen LogP contribution in [-0.4, -0.2) is 96.7 Å². The minimum atomic E-state index is -4.98. The minimum Gasteiger partial charge on any atom is -0.462 e. The van der Waals surface area contributed by atoms with Crippen LogP contribution in [-0.2, 0) is 65.4 Å². The molecule has 0 aliphatic carbocycles. The summed E-state index contributed by atoms with van der Waals surface area (Å²) >= 11 is 0. The summed E-state index contributed by atoms with van der Waals surface area (Å²) < 4.78 is 68.7. The van der Waals surface area contributed by atoms with Crippen LogP contribution < -0.4 is 0 Å². The molecule has 0 aromatic heterocycles. The van der Waals surface area contributed by atoms with Crippen molar-refractivity contribution in [1.29, 1.82) is 0 Å². The van der Waals surface area contributed by atoms with Crippen LogP contribution in [0.3, 0.4) is 0 Å². The number of phosphoric ester groups is 2. The number of carbonyl (C=O) groups excluding carboxylic acids is 4. The van der Waals surface area contributed by atoms with Crippen LogP contribution >= 0.6 is 15.6 Å². The molecule has 19 heteroatoms. The van der Waals surface area contributed by atoms with E-state index in [0.717, 1.165) is 173 Å². The molecule has 104 heavy (non-hydrogen) atoms. The lowest BCUT2D eigenvalue weighted by Crippen LogP contribution is -2.30. The van der Waals surface area contributed by atoms with E-state index in [1.54, 1.807) is 0 Å². The van der Waals surface area contributed by atoms with E-state index in [1.807, 2.05) is 0 Å². The number of phosphoric acid groups is 2. The molecule has 0 fully saturated rings. The van der Waals surface area contributed by atoms with Crippen molar-refractivity contribution in [3.8, 4) is 0 Å². The van der Waals surface area contributed by atoms with Crippen molar-refractivity contribution in [2.24, 2.45) is 0 Å². The van der Waals surface area contributed by atoms with Gasteiger partial charge in [-0.3, -0.25) is 37.3 Å². The maximum absolute atomic E-state index is 13.1. The van der Waals surface area contributed by atoms with Crippen LogP contribution in [0.5, 0.6) is 0 Å². The summed E-state index contributed by atoms with van der Waals surface area (Å²) in [5.74, 6) is -2.17. The van der Waals surface area contributed by atoms with Crippen LogP contribution in [0.15, 0.2) is 85.1 Å². The van der Waals surface area contributed by atoms with Crippen molar-refractivity contribution in [1.82, 2.24) is 0 Å². The van der Waals surface area contributed by atoms with Gasteiger partial charge in [0.1, 0.15) is 19.3 Å². The summed E-state index contributed by atoms with van der Waals surface area (Å²) in [5, 5.41) is 10.6. The Hall–Kier alpha value is -3.76. The molecule has 0 bridgehead atoms. The Bertz CT molecular complexity index is 2300. The molecule has 0 aromatic carbocycles. The van der Waals surface area contributed by atoms with Gasteiger partial charge in [-0.1, -0.05) is 331 Å². The van der Waals surface area contributed by atoms with Crippen LogP contribution in [0.1, 0.15) is 374 Å². The summed E-state index contributed by atoms with van der Waals surface area (Å²) in [6.07, 6.45) is 81.2. The summed E-state index contributed by atoms with van der Waals surface area (Å²) in [5.41, 5.74) is 0. The number of rotatable bonds is 79. The largest absolute Gasteiger partial charge is 0.472 e. The van der Waals surface area contributed by atoms with Crippen LogP contribution in [0.25, 0.3) is 0 Å². The normalized spacial score (nSPS) is 14.3. The zero-order valence-electron chi connectivity index (χ0n) is 66.2. The number of hydrogen-bond donors (Lipinski definition) is 3. The van der Waals surface area contributed by atoms with Crippen LogP contribution in [0.2, 0.25) is 0 Å². The van der Waals surface area contributed by atoms with Crippen LogP contribution in [0.4, 0.5) is 0 Å². The second-order valence-electron chi connectivity index (χ2n) is 28.1. The molecule has 17 nitrogen and oxygen atoms in total. The van der Waals surface area contributed by atoms with Gasteiger partial charge >= 0.3 is 39.5 Å². The van der Waals surface area contributed by atoms with Gasteiger partial charge < -0.3 is 33.8 Å². The Morgan fingerprint density at radius 2 is 0.500 bits per heavy atom. The summed E-state index contributed by atoms with van der Waals surface area (Å²) in [6.45, 7) is 4.77. The third-order valence-electron chi connectivity index (χ3n) is 17.9. The maximum Gasteiger partial charge on any atom is 0.472 e. The van der Waals surface area contributed by atoms with Crippen molar-refractivity contribution in [3.63, 3.8) is 0 Å². The van der Waals surface area contributed by atoms with E-state index >= 15 is 0 Å². The monoisotopic (exact) mass is 1510 g/mol. The zero-order chi connectivity index (χ0) is 76.0. The van der Waals surface area contributed by atoms with Gasteiger partial charge in [0.05, 0.1) is 26.4 Å². The number of hydrogen-bond acceptors (Lipinski definition) is 15. The molecule has 5 unspecified atom stereocenters. The van der Waals surface area contributed by atoms with Crippen molar-refractivity contribution in [2.45, 2.75) is 393 Å². The van der Waals surface area contributed by atoms with Gasteiger partial charge in [-0.15, -0.1) is 0 Å². The SMILES string of the molecule is CC/C=C\C/C=C\C/C=C\C/C=C\CCCCCCCCC(=O)OCC(COP(=O)(O)OCC(O)COP(=O)(O)OCC(COC(=O)CCCCCCCC/C=C\C/C=C\C/C=C\CCCCC)OC(=O)CCCCCCCCCCCCCCCCC)OC(=O)CCCCCCCCCCCCC. The fraction of sp³-hybridized carbons (Fsp3) is 0.788. The van der Waals surface area contributed by atoms with Crippen molar-refractivity contribution < 1.29 is 80.2 Å². The molecule has 3 N–H and O–H groups in total. The Labute approximate surface area is 634 Å². The van der Waals surface area contributed by atoms with Crippen molar-refractivity contribution in [2.75, 3.05) is 39.6 Å². The molecule has 0 aliphatic heterocycles. The molecule has 0 saturated carbocycles. The molecule has 0 aliphatic rings. The minimum absolute atomic E-state index is 0.0955. The molecule has 0 amide bonds. The molecule has 5 atom stereocenters. The Morgan fingerprint density at radius 1 is 0.279 bits per heavy atom. The highest BCUT2D eigenvalue weighted by atomic mass is 31.2. The second-order valence-corrected chi connectivity index (χ2v) is 31.0. The van der Waals surface area contributed by atoms with Crippen LogP contribution in [0, 0.1) is 0 Å². The van der Waals surface area contributed by atoms with E-state index < -0.39 is 97.5 Å². The standard InChI is InChI=1S/C85H152O17P2/c1-5-9-13-17-21-25-29-32-35-37-39-41-44-46-50-53-57-61-65-69-82(87)95-75-80(101-84(89)71-67-63-59-55-49-28-24-20-16-12-8-4)77-99-103(91,92)97-73-79(86)74-98-104(93,94)100-78-81(102-85(90)72-68-64-60-56-52-48-43-34-31-27-23-19-15-11-7-3)76-96-83(88)70-66-62-58-54-51-47-45-42-40-38-36-33-30-26-22-18-14-10-6-2/h9,13,21-22,25-26,32-33,35-36,39-42,79-81,86H,5-8,10-12,14-20,23-24,27-31,34,37-38,43-78H2,1-4H3,(H,91,92)(H,93,94)/b13-9-,25-21-,26-22-,35-32-,36-33-,41-39-,42-40-. The van der Waals surface area contributed by atoms with E-state index in [1.165, 1.54) is 122 Å². The predicted octanol–water partition coefficient (Wildman–Crippen LogP) is 24.6.